The number of rotatable bonds is 1. The van der Waals surface area contributed by atoms with Crippen LogP contribution in [0.4, 0.5) is 0 Å². The van der Waals surface area contributed by atoms with Crippen molar-refractivity contribution in [1.29, 1.82) is 0 Å². The van der Waals surface area contributed by atoms with E-state index in [0.29, 0.717) is 5.15 Å². The second kappa shape index (κ2) is 3.86. The number of hydrogen-bond acceptors (Lipinski definition) is 2. The lowest BCUT2D eigenvalue weighted by Gasteiger charge is -2.04. The summed E-state index contributed by atoms with van der Waals surface area (Å²) in [5.74, 6) is 0. The van der Waals surface area contributed by atoms with Crippen LogP contribution in [0.5, 0.6) is 0 Å². The van der Waals surface area contributed by atoms with Crippen LogP contribution in [-0.4, -0.2) is 14.6 Å². The van der Waals surface area contributed by atoms with Gasteiger partial charge in [0, 0.05) is 17.7 Å². The van der Waals surface area contributed by atoms with Gasteiger partial charge < -0.3 is 0 Å². The van der Waals surface area contributed by atoms with Crippen molar-refractivity contribution in [2.45, 2.75) is 6.92 Å². The molecule has 0 aliphatic heterocycles. The number of benzene rings is 1. The number of aromatic nitrogens is 3. The van der Waals surface area contributed by atoms with Crippen LogP contribution in [0.15, 0.2) is 42.6 Å². The molecule has 0 N–H and O–H groups in total. The molecule has 17 heavy (non-hydrogen) atoms. The molecule has 2 aromatic heterocycles. The van der Waals surface area contributed by atoms with Crippen molar-refractivity contribution in [3.63, 3.8) is 0 Å². The Morgan fingerprint density at radius 2 is 2.06 bits per heavy atom. The Kier molecular flexibility index (Phi) is 2.34. The van der Waals surface area contributed by atoms with E-state index in [9.17, 15) is 0 Å². The third-order valence-corrected chi connectivity index (χ3v) is 2.90. The van der Waals surface area contributed by atoms with Crippen LogP contribution in [0.3, 0.4) is 0 Å². The highest BCUT2D eigenvalue weighted by atomic mass is 35.5. The summed E-state index contributed by atoms with van der Waals surface area (Å²) >= 11 is 6.15. The van der Waals surface area contributed by atoms with Gasteiger partial charge in [-0.3, -0.25) is 0 Å². The Morgan fingerprint density at radius 3 is 2.88 bits per heavy atom. The lowest BCUT2D eigenvalue weighted by molar-refractivity contribution is 0.942. The largest absolute Gasteiger partial charge is 0.228 e. The van der Waals surface area contributed by atoms with Crippen molar-refractivity contribution in [3.8, 4) is 11.3 Å². The third kappa shape index (κ3) is 1.78. The average Bonchev–Trinajstić information content (AvgIpc) is 2.77. The van der Waals surface area contributed by atoms with Crippen molar-refractivity contribution in [2.75, 3.05) is 0 Å². The van der Waals surface area contributed by atoms with Gasteiger partial charge in [-0.2, -0.15) is 5.10 Å². The molecule has 0 radical (unpaired) electrons. The molecule has 0 atom stereocenters. The first kappa shape index (κ1) is 10.3. The number of fused-ring (bicyclic) bond motifs is 1. The molecule has 3 rings (SSSR count). The molecule has 0 saturated heterocycles. The molecule has 1 aromatic carbocycles. The molecule has 0 spiro atoms. The van der Waals surface area contributed by atoms with Crippen LogP contribution in [0.2, 0.25) is 5.15 Å². The van der Waals surface area contributed by atoms with Gasteiger partial charge in [0.05, 0.1) is 11.9 Å². The monoisotopic (exact) mass is 243 g/mol. The molecule has 3 nitrogen and oxygen atoms in total. The van der Waals surface area contributed by atoms with Crippen LogP contribution < -0.4 is 0 Å². The summed E-state index contributed by atoms with van der Waals surface area (Å²) in [6.45, 7) is 2.06. The fourth-order valence-corrected chi connectivity index (χ4v) is 2.06. The number of nitrogens with zero attached hydrogens (tertiary/aromatic N) is 3. The molecule has 3 aromatic rings. The number of hydrogen-bond donors (Lipinski definition) is 0. The van der Waals surface area contributed by atoms with Gasteiger partial charge in [0.25, 0.3) is 0 Å². The summed E-state index contributed by atoms with van der Waals surface area (Å²) in [5.41, 5.74) is 3.89. The second-order valence-corrected chi connectivity index (χ2v) is 4.32. The SMILES string of the molecule is Cc1cccc(-c2cc(Cl)n3nccc3n2)c1. The lowest BCUT2D eigenvalue weighted by Crippen LogP contribution is -1.94. The van der Waals surface area contributed by atoms with Crippen LogP contribution in [0.25, 0.3) is 16.9 Å². The van der Waals surface area contributed by atoms with E-state index < -0.39 is 0 Å². The maximum atomic E-state index is 6.15. The smallest absolute Gasteiger partial charge is 0.157 e. The van der Waals surface area contributed by atoms with Crippen molar-refractivity contribution in [1.82, 2.24) is 14.6 Å². The zero-order chi connectivity index (χ0) is 11.8. The topological polar surface area (TPSA) is 30.2 Å². The molecule has 0 bridgehead atoms. The van der Waals surface area contributed by atoms with Gasteiger partial charge in [-0.15, -0.1) is 0 Å². The normalized spacial score (nSPS) is 10.9. The number of aryl methyl sites for hydroxylation is 1. The molecule has 0 aliphatic carbocycles. The zero-order valence-electron chi connectivity index (χ0n) is 9.26. The van der Waals surface area contributed by atoms with E-state index in [2.05, 4.69) is 29.1 Å². The minimum Gasteiger partial charge on any atom is -0.228 e. The van der Waals surface area contributed by atoms with Gasteiger partial charge in [-0.1, -0.05) is 35.4 Å². The predicted octanol–water partition coefficient (Wildman–Crippen LogP) is 3.36. The Morgan fingerprint density at radius 1 is 1.18 bits per heavy atom. The van der Waals surface area contributed by atoms with Crippen molar-refractivity contribution in [3.05, 3.63) is 53.3 Å². The minimum atomic E-state index is 0.566. The first-order chi connectivity index (χ1) is 8.24. The second-order valence-electron chi connectivity index (χ2n) is 3.93. The molecule has 4 heteroatoms. The van der Waals surface area contributed by atoms with Gasteiger partial charge >= 0.3 is 0 Å². The molecule has 2 heterocycles. The van der Waals surface area contributed by atoms with E-state index in [-0.39, 0.29) is 0 Å². The summed E-state index contributed by atoms with van der Waals surface area (Å²) < 4.78 is 1.61. The lowest BCUT2D eigenvalue weighted by atomic mass is 10.1. The highest BCUT2D eigenvalue weighted by Crippen LogP contribution is 2.22. The molecule has 0 aliphatic rings. The maximum Gasteiger partial charge on any atom is 0.157 e. The van der Waals surface area contributed by atoms with Crippen LogP contribution >= 0.6 is 11.6 Å². The Hall–Kier alpha value is -1.87. The molecule has 0 unspecified atom stereocenters. The van der Waals surface area contributed by atoms with Gasteiger partial charge in [0.1, 0.15) is 5.15 Å². The highest BCUT2D eigenvalue weighted by Gasteiger charge is 2.06. The maximum absolute atomic E-state index is 6.15. The van der Waals surface area contributed by atoms with E-state index in [1.807, 2.05) is 24.3 Å². The van der Waals surface area contributed by atoms with Crippen molar-refractivity contribution < 1.29 is 0 Å². The minimum absolute atomic E-state index is 0.566. The highest BCUT2D eigenvalue weighted by molar-refractivity contribution is 6.30. The fraction of sp³-hybridized carbons (Fsp3) is 0.0769. The summed E-state index contributed by atoms with van der Waals surface area (Å²) in [6, 6.07) is 11.9. The van der Waals surface area contributed by atoms with E-state index in [1.54, 1.807) is 10.7 Å². The standard InChI is InChI=1S/C13H10ClN3/c1-9-3-2-4-10(7-9)11-8-12(14)17-13(16-11)5-6-15-17/h2-8H,1H3. The van der Waals surface area contributed by atoms with Crippen molar-refractivity contribution in [2.24, 2.45) is 0 Å². The van der Waals surface area contributed by atoms with Crippen LogP contribution in [-0.2, 0) is 0 Å². The van der Waals surface area contributed by atoms with E-state index in [1.165, 1.54) is 5.56 Å². The first-order valence-electron chi connectivity index (χ1n) is 5.31. The molecule has 0 saturated carbocycles. The van der Waals surface area contributed by atoms with Crippen LogP contribution in [0.1, 0.15) is 5.56 Å². The number of halogens is 1. The van der Waals surface area contributed by atoms with E-state index in [4.69, 9.17) is 11.6 Å². The van der Waals surface area contributed by atoms with Gasteiger partial charge in [0.15, 0.2) is 5.65 Å². The third-order valence-electron chi connectivity index (χ3n) is 2.63. The molecule has 0 fully saturated rings. The quantitative estimate of drug-likeness (QED) is 0.614. The fourth-order valence-electron chi connectivity index (χ4n) is 1.83. The van der Waals surface area contributed by atoms with Crippen LogP contribution in [0, 0.1) is 6.92 Å². The molecule has 0 amide bonds. The molecular weight excluding hydrogens is 234 g/mol. The van der Waals surface area contributed by atoms with Gasteiger partial charge in [0.2, 0.25) is 0 Å². The Balaban J connectivity index is 2.23. The summed E-state index contributed by atoms with van der Waals surface area (Å²) in [5, 5.41) is 4.66. The summed E-state index contributed by atoms with van der Waals surface area (Å²) in [4.78, 5) is 4.52. The average molecular weight is 244 g/mol. The summed E-state index contributed by atoms with van der Waals surface area (Å²) in [7, 11) is 0. The first-order valence-corrected chi connectivity index (χ1v) is 5.69. The van der Waals surface area contributed by atoms with Crippen molar-refractivity contribution >= 4 is 17.2 Å². The van der Waals surface area contributed by atoms with Gasteiger partial charge in [-0.05, 0) is 13.0 Å². The van der Waals surface area contributed by atoms with E-state index in [0.717, 1.165) is 16.9 Å². The van der Waals surface area contributed by atoms with E-state index >= 15 is 0 Å². The Labute approximate surface area is 104 Å². The predicted molar refractivity (Wildman–Crippen MR) is 68.2 cm³/mol. The zero-order valence-corrected chi connectivity index (χ0v) is 10.0. The molecule has 84 valence electrons. The Bertz CT molecular complexity index is 688. The molecular formula is C13H10ClN3. The summed E-state index contributed by atoms with van der Waals surface area (Å²) in [6.07, 6.45) is 1.69. The van der Waals surface area contributed by atoms with Gasteiger partial charge in [-0.25, -0.2) is 9.50 Å².